The van der Waals surface area contributed by atoms with Crippen LogP contribution in [-0.4, -0.2) is 48.0 Å². The van der Waals surface area contributed by atoms with Crippen molar-refractivity contribution in [3.63, 3.8) is 0 Å². The van der Waals surface area contributed by atoms with Gasteiger partial charge in [0.2, 0.25) is 0 Å². The van der Waals surface area contributed by atoms with Gasteiger partial charge in [-0.25, -0.2) is 0 Å². The molecule has 5 nitrogen and oxygen atoms in total. The molecule has 0 atom stereocenters. The molecule has 0 unspecified atom stereocenters. The molecular weight excluding hydrogens is 272 g/mol. The summed E-state index contributed by atoms with van der Waals surface area (Å²) in [6.45, 7) is 7.97. The summed E-state index contributed by atoms with van der Waals surface area (Å²) in [7, 11) is 0. The van der Waals surface area contributed by atoms with Crippen LogP contribution in [0.2, 0.25) is 0 Å². The molecule has 0 heterocycles. The zero-order valence-corrected chi connectivity index (χ0v) is 13.3. The van der Waals surface area contributed by atoms with E-state index in [0.29, 0.717) is 31.1 Å². The van der Waals surface area contributed by atoms with Gasteiger partial charge in [0.1, 0.15) is 18.0 Å². The summed E-state index contributed by atoms with van der Waals surface area (Å²) in [6.07, 6.45) is 0. The molecule has 21 heavy (non-hydrogen) atoms. The van der Waals surface area contributed by atoms with Gasteiger partial charge in [0.15, 0.2) is 5.78 Å². The molecule has 0 spiro atoms. The van der Waals surface area contributed by atoms with Gasteiger partial charge in [-0.1, -0.05) is 13.8 Å². The average Bonchev–Trinajstić information content (AvgIpc) is 2.48. The van der Waals surface area contributed by atoms with Crippen LogP contribution in [0.25, 0.3) is 0 Å². The number of aliphatic hydroxyl groups excluding tert-OH is 1. The number of hydrogen-bond donors (Lipinski definition) is 2. The van der Waals surface area contributed by atoms with E-state index in [1.165, 1.54) is 13.8 Å². The minimum absolute atomic E-state index is 0.00620. The summed E-state index contributed by atoms with van der Waals surface area (Å²) in [6, 6.07) is 6.57. The molecule has 0 bridgehead atoms. The Morgan fingerprint density at radius 1 is 1.10 bits per heavy atom. The number of rotatable bonds is 8. The lowest BCUT2D eigenvalue weighted by atomic mass is 9.97. The lowest BCUT2D eigenvalue weighted by Gasteiger charge is -2.15. The molecule has 0 saturated heterocycles. The Kier molecular flexibility index (Phi) is 9.62. The van der Waals surface area contributed by atoms with Crippen LogP contribution < -0.4 is 4.74 Å². The fourth-order valence-corrected chi connectivity index (χ4v) is 1.44. The van der Waals surface area contributed by atoms with Crippen LogP contribution in [-0.2, 0) is 4.74 Å². The molecule has 0 fully saturated rings. The Balaban J connectivity index is 0.00000191. The largest absolute Gasteiger partial charge is 0.491 e. The highest BCUT2D eigenvalue weighted by atomic mass is 16.5. The number of ketones is 1. The van der Waals surface area contributed by atoms with Gasteiger partial charge in [-0.2, -0.15) is 0 Å². The molecule has 0 radical (unpaired) electrons. The lowest BCUT2D eigenvalue weighted by molar-refractivity contribution is 0.0488. The van der Waals surface area contributed by atoms with Crippen molar-refractivity contribution in [3.05, 3.63) is 29.8 Å². The van der Waals surface area contributed by atoms with Gasteiger partial charge in [-0.15, -0.1) is 0 Å². The predicted molar refractivity (Wildman–Crippen MR) is 81.8 cm³/mol. The highest BCUT2D eigenvalue weighted by Gasteiger charge is 2.24. The summed E-state index contributed by atoms with van der Waals surface area (Å²) in [5, 5.41) is 18.1. The number of aliphatic hydroxyl groups is 2. The Morgan fingerprint density at radius 2 is 1.67 bits per heavy atom. The molecule has 1 aromatic rings. The van der Waals surface area contributed by atoms with Crippen molar-refractivity contribution in [1.82, 2.24) is 0 Å². The van der Waals surface area contributed by atoms with E-state index in [4.69, 9.17) is 14.6 Å². The van der Waals surface area contributed by atoms with E-state index in [1.54, 1.807) is 24.3 Å². The first-order valence-electron chi connectivity index (χ1n) is 7.14. The second-order valence-electron chi connectivity index (χ2n) is 4.60. The van der Waals surface area contributed by atoms with E-state index in [2.05, 4.69) is 0 Å². The molecule has 0 aliphatic heterocycles. The van der Waals surface area contributed by atoms with E-state index in [1.807, 2.05) is 13.8 Å². The first kappa shape index (κ1) is 19.6. The second kappa shape index (κ2) is 10.3. The smallest absolute Gasteiger partial charge is 0.193 e. The third kappa shape index (κ3) is 7.80. The SMILES string of the molecule is CC.CC(C)(O)C(=O)c1ccc(OCCOCCO)cc1. The van der Waals surface area contributed by atoms with Gasteiger partial charge >= 0.3 is 0 Å². The summed E-state index contributed by atoms with van der Waals surface area (Å²) in [5.74, 6) is 0.297. The molecule has 0 aliphatic rings. The molecule has 1 aromatic carbocycles. The van der Waals surface area contributed by atoms with Crippen LogP contribution in [0.5, 0.6) is 5.75 Å². The van der Waals surface area contributed by atoms with Crippen LogP contribution in [0, 0.1) is 0 Å². The maximum Gasteiger partial charge on any atom is 0.193 e. The first-order chi connectivity index (χ1) is 9.95. The minimum Gasteiger partial charge on any atom is -0.491 e. The predicted octanol–water partition coefficient (Wildman–Crippen LogP) is 2.05. The second-order valence-corrected chi connectivity index (χ2v) is 4.60. The van der Waals surface area contributed by atoms with Crippen molar-refractivity contribution in [1.29, 1.82) is 0 Å². The van der Waals surface area contributed by atoms with Crippen LogP contribution >= 0.6 is 0 Å². The van der Waals surface area contributed by atoms with Gasteiger partial charge < -0.3 is 19.7 Å². The van der Waals surface area contributed by atoms with E-state index in [-0.39, 0.29) is 12.4 Å². The Labute approximate surface area is 126 Å². The average molecular weight is 298 g/mol. The molecule has 0 amide bonds. The fraction of sp³-hybridized carbons (Fsp3) is 0.562. The van der Waals surface area contributed by atoms with Crippen LogP contribution in [0.4, 0.5) is 0 Å². The van der Waals surface area contributed by atoms with Crippen molar-refractivity contribution in [2.45, 2.75) is 33.3 Å². The third-order valence-electron chi connectivity index (χ3n) is 2.40. The third-order valence-corrected chi connectivity index (χ3v) is 2.40. The summed E-state index contributed by atoms with van der Waals surface area (Å²) in [4.78, 5) is 11.8. The number of carbonyl (C=O) groups excluding carboxylic acids is 1. The normalized spacial score (nSPS) is 10.6. The number of carbonyl (C=O) groups is 1. The molecule has 0 saturated carbocycles. The lowest BCUT2D eigenvalue weighted by Crippen LogP contribution is -2.30. The molecule has 2 N–H and O–H groups in total. The molecule has 120 valence electrons. The van der Waals surface area contributed by atoms with E-state index < -0.39 is 5.60 Å². The Morgan fingerprint density at radius 3 is 2.14 bits per heavy atom. The number of ether oxygens (including phenoxy) is 2. The Bertz CT molecular complexity index is 392. The minimum atomic E-state index is -1.37. The summed E-state index contributed by atoms with van der Waals surface area (Å²) < 4.78 is 10.4. The maximum atomic E-state index is 11.8. The van der Waals surface area contributed by atoms with Crippen molar-refractivity contribution in [3.8, 4) is 5.75 Å². The van der Waals surface area contributed by atoms with E-state index >= 15 is 0 Å². The number of hydrogen-bond acceptors (Lipinski definition) is 5. The van der Waals surface area contributed by atoms with Gasteiger partial charge in [-0.05, 0) is 38.1 Å². The highest BCUT2D eigenvalue weighted by molar-refractivity contribution is 6.01. The van der Waals surface area contributed by atoms with Gasteiger partial charge in [-0.3, -0.25) is 4.79 Å². The molecule has 5 heteroatoms. The van der Waals surface area contributed by atoms with Crippen LogP contribution in [0.1, 0.15) is 38.1 Å². The van der Waals surface area contributed by atoms with Crippen LogP contribution in [0.15, 0.2) is 24.3 Å². The van der Waals surface area contributed by atoms with Crippen LogP contribution in [0.3, 0.4) is 0 Å². The fourth-order valence-electron chi connectivity index (χ4n) is 1.44. The molecule has 0 aliphatic carbocycles. The maximum absolute atomic E-state index is 11.8. The van der Waals surface area contributed by atoms with Crippen molar-refractivity contribution < 1.29 is 24.5 Å². The highest BCUT2D eigenvalue weighted by Crippen LogP contribution is 2.17. The summed E-state index contributed by atoms with van der Waals surface area (Å²) >= 11 is 0. The quantitative estimate of drug-likeness (QED) is 0.567. The topological polar surface area (TPSA) is 76.0 Å². The van der Waals surface area contributed by atoms with Crippen molar-refractivity contribution in [2.24, 2.45) is 0 Å². The molecular formula is C16H26O5. The molecule has 0 aromatic heterocycles. The zero-order chi connectivity index (χ0) is 16.3. The Hall–Kier alpha value is -1.43. The van der Waals surface area contributed by atoms with Gasteiger partial charge in [0.25, 0.3) is 0 Å². The number of benzene rings is 1. The standard InChI is InChI=1S/C14H20O5.C2H6/c1-14(2,17)13(16)11-3-5-12(6-4-11)19-10-9-18-8-7-15;1-2/h3-6,15,17H,7-10H2,1-2H3;1-2H3. The monoisotopic (exact) mass is 298 g/mol. The van der Waals surface area contributed by atoms with Crippen molar-refractivity contribution in [2.75, 3.05) is 26.4 Å². The van der Waals surface area contributed by atoms with Crippen molar-refractivity contribution >= 4 is 5.78 Å². The summed E-state index contributed by atoms with van der Waals surface area (Å²) in [5.41, 5.74) is -0.933. The van der Waals surface area contributed by atoms with Gasteiger partial charge in [0, 0.05) is 5.56 Å². The van der Waals surface area contributed by atoms with Gasteiger partial charge in [0.05, 0.1) is 19.8 Å². The number of Topliss-reactive ketones (excluding diaryl/α,β-unsaturated/α-hetero) is 1. The first-order valence-corrected chi connectivity index (χ1v) is 7.14. The van der Waals surface area contributed by atoms with E-state index in [9.17, 15) is 9.90 Å². The molecule has 1 rings (SSSR count). The van der Waals surface area contributed by atoms with E-state index in [0.717, 1.165) is 0 Å². The zero-order valence-electron chi connectivity index (χ0n) is 13.3.